The van der Waals surface area contributed by atoms with Crippen LogP contribution in [-0.4, -0.2) is 499 Å². The van der Waals surface area contributed by atoms with Crippen LogP contribution in [0.4, 0.5) is 0 Å². The molecular weight excluding hydrogens is 1960 g/mol. The third-order valence-electron chi connectivity index (χ3n) is 28.4. The van der Waals surface area contributed by atoms with Gasteiger partial charge in [-0.25, -0.2) is 0 Å². The fourth-order valence-corrected chi connectivity index (χ4v) is 19.9. The summed E-state index contributed by atoms with van der Waals surface area (Å²) < 4.78 is 107. The van der Waals surface area contributed by atoms with Crippen LogP contribution in [0.2, 0.25) is 0 Å². The van der Waals surface area contributed by atoms with Gasteiger partial charge in [0.25, 0.3) is 0 Å². The molecule has 47 atom stereocenters. The summed E-state index contributed by atoms with van der Waals surface area (Å²) in [6.45, 7) is -0.639. The number of rotatable bonds is 61. The van der Waals surface area contributed by atoms with Gasteiger partial charge in [0.2, 0.25) is 23.6 Å². The lowest BCUT2D eigenvalue weighted by Gasteiger charge is -2.51. The van der Waals surface area contributed by atoms with Crippen LogP contribution >= 0.6 is 0 Å². The Morgan fingerprint density at radius 1 is 0.279 bits per heavy atom. The molecule has 9 heterocycles. The summed E-state index contributed by atoms with van der Waals surface area (Å²) in [5.41, 5.74) is 0. The van der Waals surface area contributed by atoms with Crippen LogP contribution in [0.3, 0.4) is 0 Å². The molecule has 9 fully saturated rings. The van der Waals surface area contributed by atoms with Crippen molar-refractivity contribution >= 4 is 23.6 Å². The van der Waals surface area contributed by atoms with Crippen LogP contribution in [0.1, 0.15) is 221 Å². The summed E-state index contributed by atoms with van der Waals surface area (Å²) >= 11 is 0. The highest BCUT2D eigenvalue weighted by Crippen LogP contribution is 2.42. The van der Waals surface area contributed by atoms with E-state index in [1.807, 2.05) is 6.08 Å². The molecule has 0 radical (unpaired) electrons. The van der Waals surface area contributed by atoms with E-state index >= 15 is 0 Å². The summed E-state index contributed by atoms with van der Waals surface area (Å²) in [5, 5.41) is 294. The van der Waals surface area contributed by atoms with Gasteiger partial charge in [0.1, 0.15) is 213 Å². The van der Waals surface area contributed by atoms with E-state index in [0.29, 0.717) is 12.8 Å². The first-order valence-electron chi connectivity index (χ1n) is 52.4. The van der Waals surface area contributed by atoms with E-state index in [2.05, 4.69) is 35.1 Å². The topological polar surface area (TPSA) is 788 Å². The molecule has 0 aromatic rings. The zero-order valence-electron chi connectivity index (χ0n) is 84.6. The van der Waals surface area contributed by atoms with Crippen molar-refractivity contribution in [2.24, 2.45) is 0 Å². The molecule has 856 valence electrons. The highest BCUT2D eigenvalue weighted by atomic mass is 16.8. The fourth-order valence-electron chi connectivity index (χ4n) is 19.9. The number of amides is 4. The Labute approximate surface area is 854 Å². The average molecular weight is 2130 g/mol. The molecule has 9 aliphatic rings. The van der Waals surface area contributed by atoms with Gasteiger partial charge >= 0.3 is 0 Å². The molecule has 29 N–H and O–H groups in total. The summed E-state index contributed by atoms with van der Waals surface area (Å²) in [4.78, 5) is 52.9. The largest absolute Gasteiger partial charge is 0.394 e. The fraction of sp³-hybridized carbons (Fsp3) is 0.938. The second-order valence-electron chi connectivity index (χ2n) is 39.8. The summed E-state index contributed by atoms with van der Waals surface area (Å²) in [5.74, 6) is -3.17. The van der Waals surface area contributed by atoms with E-state index in [1.165, 1.54) is 110 Å². The standard InChI is InChI=1S/C96H170N4O47/c1-7-9-11-13-15-17-19-21-22-24-26-28-30-32-34-36-60(113)100-50(51(112)35-33-31-29-27-25-23-20-18-16-14-12-10-8-2)45-130-91-76(126)74(124)83(59(44-108)139-91)142-95-79(129)86(68(118)55(40-104)134-95)146-89-62(98-48(5)110)70(120)81(57(42-106)137-89)140-93-77(127)84(66(116)53(38-102)132-93)144-88-61(97-47(4)109)69(119)80(56(41-105)136-88)141-94-78(128)85(67(117)54(39-103)133-94)145-90-63(99-49(6)111)71(121)82(58(43-107)138-90)143-96-87(73(123)65(115)52(37-101)135-96)147-92-75(125)72(122)64(114)46(3)131-92/h33,35,46,50-59,61-96,101-108,112,114-129H,7-32,34,36-45H2,1-6H3,(H,97,109)(H,98,110)(H,99,111)(H,100,113)/b35-33+/t46?,50-,51+,52?,53?,54?,55?,56?,57?,58?,59?,61?,62?,63?,64+,65-,66-,67-,68-,69+,70+,71+,72?,73-,74+,75-,76?,77?,78?,79?,80+,81+,82+,83+,84-,85-,86-,87?,88-,89-,90-,91+,92+,93-,94-,95-,96-/m0/s1. The van der Waals surface area contributed by atoms with Crippen molar-refractivity contribution in [3.63, 3.8) is 0 Å². The maximum absolute atomic E-state index is 13.6. The Balaban J connectivity index is 0.837. The second kappa shape index (κ2) is 63.9. The minimum atomic E-state index is -2.38. The monoisotopic (exact) mass is 2130 g/mol. The first-order chi connectivity index (χ1) is 70.4. The van der Waals surface area contributed by atoms with Crippen LogP contribution in [-0.2, 0) is 104 Å². The maximum atomic E-state index is 13.6. The van der Waals surface area contributed by atoms with Crippen LogP contribution < -0.4 is 21.3 Å². The number of ether oxygens (including phenoxy) is 18. The molecule has 51 nitrogen and oxygen atoms in total. The first kappa shape index (κ1) is 126. The highest BCUT2D eigenvalue weighted by molar-refractivity contribution is 5.76. The van der Waals surface area contributed by atoms with Gasteiger partial charge in [0.15, 0.2) is 56.6 Å². The van der Waals surface area contributed by atoms with Gasteiger partial charge in [-0.2, -0.15) is 0 Å². The third kappa shape index (κ3) is 35.2. The van der Waals surface area contributed by atoms with Crippen molar-refractivity contribution in [1.29, 1.82) is 0 Å². The Bertz CT molecular complexity index is 3730. The van der Waals surface area contributed by atoms with Crippen molar-refractivity contribution in [2.75, 3.05) is 59.5 Å². The van der Waals surface area contributed by atoms with E-state index in [-0.39, 0.29) is 12.3 Å². The molecule has 18 unspecified atom stereocenters. The number of hydrogen-bond donors (Lipinski definition) is 29. The molecule has 9 aliphatic heterocycles. The van der Waals surface area contributed by atoms with Crippen molar-refractivity contribution in [3.05, 3.63) is 12.2 Å². The number of carbonyl (C=O) groups is 4. The SMILES string of the molecule is CCCCCCCCCCCCC/C=C/[C@@H](O)[C@H](CO[C@@H]1OC(CO)[C@@H](O[C@@H]2OC(CO)[C@H](O)[C@H](O[C@@H]3OC(CO)[C@@H](O[C@@H]4OC(CO)[C@H](O)[C@H](O[C@@H]5OC(CO)[C@@H](O[C@@H]6OC(CO)[C@H](O)[C@H](O[C@@H]7OC(CO)[C@@H](O[C@@H]8OC(CO)[C@H](O)[C@H](O)C8O[C@H]8OC(C)[C@@H](O)C(O)[C@@H]8O)[C@H](O)C7NC(C)=O)C6O)[C@H](O)C5NC(C)=O)C4O)[C@H](O)C3NC(C)=O)C2O)[C@H](O)C1O)NC(=O)CCCCCCCCCCCCCCCCC. The van der Waals surface area contributed by atoms with E-state index in [0.717, 1.165) is 78.6 Å². The highest BCUT2D eigenvalue weighted by Gasteiger charge is 2.62. The lowest BCUT2D eigenvalue weighted by atomic mass is 9.93. The number of aliphatic hydroxyl groups excluding tert-OH is 25. The van der Waals surface area contributed by atoms with Crippen LogP contribution in [0.25, 0.3) is 0 Å². The normalized spacial score (nSPS) is 40.6. The van der Waals surface area contributed by atoms with E-state index in [9.17, 15) is 147 Å². The molecule has 9 rings (SSSR count). The van der Waals surface area contributed by atoms with E-state index in [1.54, 1.807) is 6.08 Å². The van der Waals surface area contributed by atoms with Crippen LogP contribution in [0.5, 0.6) is 0 Å². The maximum Gasteiger partial charge on any atom is 0.220 e. The van der Waals surface area contributed by atoms with E-state index in [4.69, 9.17) is 85.3 Å². The zero-order chi connectivity index (χ0) is 108. The molecule has 51 heteroatoms. The Morgan fingerprint density at radius 3 is 0.898 bits per heavy atom. The number of nitrogens with one attached hydrogen (secondary N) is 4. The molecule has 9 saturated heterocycles. The number of carbonyl (C=O) groups excluding carboxylic acids is 4. The van der Waals surface area contributed by atoms with Gasteiger partial charge in [-0.3, -0.25) is 19.2 Å². The lowest BCUT2D eigenvalue weighted by Crippen LogP contribution is -2.71. The summed E-state index contributed by atoms with van der Waals surface area (Å²) in [7, 11) is 0. The van der Waals surface area contributed by atoms with Gasteiger partial charge in [-0.05, 0) is 26.2 Å². The number of unbranched alkanes of at least 4 members (excludes halogenated alkanes) is 25. The van der Waals surface area contributed by atoms with Gasteiger partial charge in [0, 0.05) is 27.2 Å². The lowest BCUT2D eigenvalue weighted by molar-refractivity contribution is -0.393. The quantitative estimate of drug-likeness (QED) is 0.0199. The van der Waals surface area contributed by atoms with Crippen molar-refractivity contribution < 1.29 is 232 Å². The number of aliphatic hydroxyl groups is 25. The Morgan fingerprint density at radius 2 is 0.551 bits per heavy atom. The molecule has 0 saturated carbocycles. The predicted molar refractivity (Wildman–Crippen MR) is 502 cm³/mol. The van der Waals surface area contributed by atoms with Gasteiger partial charge in [0.05, 0.1) is 77.7 Å². The Hall–Kier alpha value is -4.10. The van der Waals surface area contributed by atoms with Crippen molar-refractivity contribution in [3.8, 4) is 0 Å². The van der Waals surface area contributed by atoms with Gasteiger partial charge < -0.3 is 234 Å². The number of hydrogen-bond acceptors (Lipinski definition) is 47. The molecule has 0 spiro atoms. The molecule has 0 aromatic heterocycles. The average Bonchev–Trinajstić information content (AvgIpc) is 0.773. The molecular formula is C96H170N4O47. The van der Waals surface area contributed by atoms with Crippen molar-refractivity contribution in [2.45, 2.75) is 510 Å². The second-order valence-corrected chi connectivity index (χ2v) is 39.8. The Kier molecular flexibility index (Phi) is 55.0. The van der Waals surface area contributed by atoms with Gasteiger partial charge in [-0.15, -0.1) is 0 Å². The van der Waals surface area contributed by atoms with E-state index < -0.39 is 365 Å². The summed E-state index contributed by atoms with van der Waals surface area (Å²) in [6, 6.07) is -6.90. The molecule has 147 heavy (non-hydrogen) atoms. The first-order valence-corrected chi connectivity index (χ1v) is 52.4. The zero-order valence-corrected chi connectivity index (χ0v) is 84.6. The van der Waals surface area contributed by atoms with Gasteiger partial charge in [-0.1, -0.05) is 180 Å². The molecule has 0 bridgehead atoms. The number of allylic oxidation sites excluding steroid dienone is 1. The smallest absolute Gasteiger partial charge is 0.220 e. The van der Waals surface area contributed by atoms with Crippen LogP contribution in [0, 0.1) is 0 Å². The third-order valence-corrected chi connectivity index (χ3v) is 28.4. The predicted octanol–water partition coefficient (Wildman–Crippen LogP) is -7.78. The molecule has 0 aliphatic carbocycles. The minimum absolute atomic E-state index is 0.147. The molecule has 4 amide bonds. The molecule has 0 aromatic carbocycles. The van der Waals surface area contributed by atoms with Crippen LogP contribution in [0.15, 0.2) is 12.2 Å². The summed E-state index contributed by atoms with van der Waals surface area (Å²) in [6.07, 6.45) is -51.7. The minimum Gasteiger partial charge on any atom is -0.394 e. The van der Waals surface area contributed by atoms with Crippen molar-refractivity contribution in [1.82, 2.24) is 21.3 Å².